The second-order valence-corrected chi connectivity index (χ2v) is 6.85. The van der Waals surface area contributed by atoms with E-state index >= 15 is 0 Å². The van der Waals surface area contributed by atoms with Gasteiger partial charge in [-0.15, -0.1) is 0 Å². The minimum atomic E-state index is -1.71. The Labute approximate surface area is 184 Å². The van der Waals surface area contributed by atoms with Gasteiger partial charge in [-0.3, -0.25) is 19.7 Å². The lowest BCUT2D eigenvalue weighted by Gasteiger charge is -2.17. The van der Waals surface area contributed by atoms with Crippen LogP contribution in [0.5, 0.6) is 11.5 Å². The van der Waals surface area contributed by atoms with Crippen LogP contribution in [0.1, 0.15) is 41.4 Å². The van der Waals surface area contributed by atoms with Gasteiger partial charge in [0.05, 0.1) is 39.7 Å². The molecule has 1 aliphatic heterocycles. The highest BCUT2D eigenvalue weighted by Crippen LogP contribution is 2.33. The molecule has 4 rings (SSSR count). The highest BCUT2D eigenvalue weighted by atomic mass is 16.6. The first-order chi connectivity index (χ1) is 15.7. The molecular formula is C22H10N2O9-2. The van der Waals surface area contributed by atoms with Crippen molar-refractivity contribution in [3.63, 3.8) is 0 Å². The van der Waals surface area contributed by atoms with Gasteiger partial charge in [0.15, 0.2) is 0 Å². The number of imide groups is 1. The summed E-state index contributed by atoms with van der Waals surface area (Å²) < 4.78 is 5.56. The Bertz CT molecular complexity index is 1350. The summed E-state index contributed by atoms with van der Waals surface area (Å²) in [4.78, 5) is 59.2. The number of hydrogen-bond donors (Lipinski definition) is 0. The lowest BCUT2D eigenvalue weighted by atomic mass is 10.1. The number of nitrogens with zero attached hydrogens (tertiary/aromatic N) is 2. The quantitative estimate of drug-likeness (QED) is 0.303. The maximum absolute atomic E-state index is 13.0. The molecule has 3 aromatic rings. The fraction of sp³-hybridized carbons (Fsp3) is 0. The van der Waals surface area contributed by atoms with Crippen molar-refractivity contribution >= 4 is 35.1 Å². The van der Waals surface area contributed by atoms with Crippen molar-refractivity contribution in [1.29, 1.82) is 0 Å². The lowest BCUT2D eigenvalue weighted by Crippen LogP contribution is -2.31. The Balaban J connectivity index is 1.70. The van der Waals surface area contributed by atoms with Gasteiger partial charge in [0.2, 0.25) is 0 Å². The number of hydrogen-bond acceptors (Lipinski definition) is 9. The average molecular weight is 446 g/mol. The predicted octanol–water partition coefficient (Wildman–Crippen LogP) is 0.915. The summed E-state index contributed by atoms with van der Waals surface area (Å²) in [5.74, 6) is -4.84. The normalized spacial score (nSPS) is 12.4. The second-order valence-electron chi connectivity index (χ2n) is 6.85. The molecule has 11 nitrogen and oxygen atoms in total. The molecule has 0 aromatic heterocycles. The molecule has 0 aliphatic carbocycles. The van der Waals surface area contributed by atoms with E-state index in [0.717, 1.165) is 18.2 Å². The first kappa shape index (κ1) is 21.2. The number of carbonyl (C=O) groups is 4. The van der Waals surface area contributed by atoms with Crippen LogP contribution in [0.4, 0.5) is 11.4 Å². The first-order valence-electron chi connectivity index (χ1n) is 9.18. The van der Waals surface area contributed by atoms with Crippen LogP contribution >= 0.6 is 0 Å². The summed E-state index contributed by atoms with van der Waals surface area (Å²) in [5.41, 5.74) is -1.72. The molecule has 1 aliphatic rings. The van der Waals surface area contributed by atoms with Crippen molar-refractivity contribution in [3.05, 3.63) is 93.0 Å². The summed E-state index contributed by atoms with van der Waals surface area (Å²) >= 11 is 0. The van der Waals surface area contributed by atoms with E-state index in [2.05, 4.69) is 0 Å². The highest BCUT2D eigenvalue weighted by molar-refractivity contribution is 6.34. The van der Waals surface area contributed by atoms with Gasteiger partial charge in [-0.2, -0.15) is 0 Å². The summed E-state index contributed by atoms with van der Waals surface area (Å²) in [6, 6.07) is 11.9. The number of nitro benzene ring substituents is 1. The van der Waals surface area contributed by atoms with E-state index < -0.39 is 39.8 Å². The molecule has 11 heteroatoms. The van der Waals surface area contributed by atoms with Gasteiger partial charge in [-0.05, 0) is 53.6 Å². The van der Waals surface area contributed by atoms with E-state index in [1.807, 2.05) is 0 Å². The molecule has 0 saturated carbocycles. The molecule has 0 spiro atoms. The fourth-order valence-corrected chi connectivity index (χ4v) is 3.29. The number of carboxylic acid groups (broad SMARTS) is 2. The van der Waals surface area contributed by atoms with E-state index in [1.54, 1.807) is 0 Å². The monoisotopic (exact) mass is 446 g/mol. The third-order valence-electron chi connectivity index (χ3n) is 4.77. The van der Waals surface area contributed by atoms with Crippen molar-refractivity contribution in [2.75, 3.05) is 4.90 Å². The summed E-state index contributed by atoms with van der Waals surface area (Å²) in [6.07, 6.45) is 0. The number of anilines is 1. The van der Waals surface area contributed by atoms with Gasteiger partial charge in [0, 0.05) is 6.07 Å². The van der Waals surface area contributed by atoms with Crippen LogP contribution in [0.3, 0.4) is 0 Å². The number of aromatic carboxylic acids is 2. The molecule has 3 aromatic carbocycles. The zero-order chi connectivity index (χ0) is 23.9. The van der Waals surface area contributed by atoms with E-state index in [9.17, 15) is 39.5 Å². The van der Waals surface area contributed by atoms with Gasteiger partial charge in [-0.1, -0.05) is 6.07 Å². The summed E-state index contributed by atoms with van der Waals surface area (Å²) in [6.45, 7) is 0. The van der Waals surface area contributed by atoms with Crippen LogP contribution in [0.25, 0.3) is 0 Å². The topological polar surface area (TPSA) is 170 Å². The zero-order valence-electron chi connectivity index (χ0n) is 16.3. The standard InChI is InChI=1S/C22H12N2O9/c25-19-17-5-4-16(33-15-3-1-2-13(9-15)24(31)32)10-18(17)20(26)23(19)14-7-11(21(27)28)6-12(8-14)22(29)30/h1-10H,(H,27,28)(H,29,30)/p-2. The largest absolute Gasteiger partial charge is 0.545 e. The van der Waals surface area contributed by atoms with Crippen molar-refractivity contribution in [3.8, 4) is 11.5 Å². The summed E-state index contributed by atoms with van der Waals surface area (Å²) in [7, 11) is 0. The van der Waals surface area contributed by atoms with Gasteiger partial charge >= 0.3 is 0 Å². The van der Waals surface area contributed by atoms with Crippen LogP contribution in [0.15, 0.2) is 60.7 Å². The minimum absolute atomic E-state index is 0.0276. The smallest absolute Gasteiger partial charge is 0.273 e. The molecule has 0 atom stereocenters. The molecular weight excluding hydrogens is 436 g/mol. The number of benzene rings is 3. The number of carbonyl (C=O) groups excluding carboxylic acids is 4. The molecule has 0 radical (unpaired) electrons. The number of non-ortho nitro benzene ring substituents is 1. The Hall–Kier alpha value is -5.06. The third-order valence-corrected chi connectivity index (χ3v) is 4.77. The molecule has 0 N–H and O–H groups in total. The van der Waals surface area contributed by atoms with E-state index in [1.165, 1.54) is 42.5 Å². The van der Waals surface area contributed by atoms with Crippen molar-refractivity contribution in [1.82, 2.24) is 0 Å². The molecule has 0 bridgehead atoms. The SMILES string of the molecule is O=C([O-])c1cc(C(=O)[O-])cc(N2C(=O)c3ccc(Oc4cccc([N+](=O)[O-])c4)cc3C2=O)c1. The van der Waals surface area contributed by atoms with Gasteiger partial charge in [0.1, 0.15) is 11.5 Å². The van der Waals surface area contributed by atoms with Crippen LogP contribution in [-0.4, -0.2) is 28.7 Å². The first-order valence-corrected chi connectivity index (χ1v) is 9.18. The Morgan fingerprint density at radius 1 is 0.788 bits per heavy atom. The zero-order valence-corrected chi connectivity index (χ0v) is 16.3. The summed E-state index contributed by atoms with van der Waals surface area (Å²) in [5, 5.41) is 33.4. The molecule has 2 amide bonds. The molecule has 1 heterocycles. The van der Waals surface area contributed by atoms with Crippen LogP contribution < -0.4 is 19.8 Å². The number of rotatable bonds is 6. The lowest BCUT2D eigenvalue weighted by molar-refractivity contribution is -0.384. The van der Waals surface area contributed by atoms with Crippen molar-refractivity contribution in [2.24, 2.45) is 0 Å². The minimum Gasteiger partial charge on any atom is -0.545 e. The van der Waals surface area contributed by atoms with Gasteiger partial charge in [-0.25, -0.2) is 4.90 Å². The Kier molecular flexibility index (Phi) is 5.06. The maximum Gasteiger partial charge on any atom is 0.273 e. The van der Waals surface area contributed by atoms with Crippen LogP contribution in [0.2, 0.25) is 0 Å². The Morgan fingerprint density at radius 3 is 2.00 bits per heavy atom. The van der Waals surface area contributed by atoms with Gasteiger partial charge in [0.25, 0.3) is 17.5 Å². The fourth-order valence-electron chi connectivity index (χ4n) is 3.29. The number of ether oxygens (including phenoxy) is 1. The van der Waals surface area contributed by atoms with Crippen molar-refractivity contribution < 1.29 is 39.1 Å². The van der Waals surface area contributed by atoms with E-state index in [4.69, 9.17) is 4.74 Å². The molecule has 0 unspecified atom stereocenters. The third kappa shape index (κ3) is 3.85. The molecule has 0 fully saturated rings. The van der Waals surface area contributed by atoms with Crippen LogP contribution in [0, 0.1) is 10.1 Å². The van der Waals surface area contributed by atoms with E-state index in [-0.39, 0.29) is 34.0 Å². The Morgan fingerprint density at radius 2 is 1.39 bits per heavy atom. The molecule has 164 valence electrons. The van der Waals surface area contributed by atoms with Crippen molar-refractivity contribution in [2.45, 2.75) is 0 Å². The molecule has 0 saturated heterocycles. The van der Waals surface area contributed by atoms with E-state index in [0.29, 0.717) is 4.90 Å². The average Bonchev–Trinajstić information content (AvgIpc) is 3.03. The molecule has 33 heavy (non-hydrogen) atoms. The number of carboxylic acids is 2. The number of amides is 2. The predicted molar refractivity (Wildman–Crippen MR) is 106 cm³/mol. The maximum atomic E-state index is 13.0. The number of nitro groups is 1. The second kappa shape index (κ2) is 7.89. The van der Waals surface area contributed by atoms with Gasteiger partial charge < -0.3 is 24.5 Å². The van der Waals surface area contributed by atoms with Crippen LogP contribution in [-0.2, 0) is 0 Å². The highest BCUT2D eigenvalue weighted by Gasteiger charge is 2.37. The number of fused-ring (bicyclic) bond motifs is 1.